The third-order valence-corrected chi connectivity index (χ3v) is 5.00. The summed E-state index contributed by atoms with van der Waals surface area (Å²) in [5.74, 6) is -1.27. The number of benzene rings is 2. The molecule has 4 rings (SSSR count). The highest BCUT2D eigenvalue weighted by Crippen LogP contribution is 2.24. The van der Waals surface area contributed by atoms with Gasteiger partial charge in [-0.15, -0.1) is 11.3 Å². The van der Waals surface area contributed by atoms with Crippen molar-refractivity contribution in [2.24, 2.45) is 0 Å². The van der Waals surface area contributed by atoms with Gasteiger partial charge in [0.15, 0.2) is 4.96 Å². The quantitative estimate of drug-likeness (QED) is 0.582. The second-order valence-corrected chi connectivity index (χ2v) is 6.85. The fraction of sp³-hybridized carbons (Fsp3) is 0.0500. The Labute approximate surface area is 157 Å². The van der Waals surface area contributed by atoms with Crippen molar-refractivity contribution < 1.29 is 9.18 Å². The number of aromatic nitrogens is 2. The molecule has 0 saturated heterocycles. The maximum Gasteiger partial charge on any atom is 0.271 e. The number of hydrogen-bond acceptors (Lipinski definition) is 4. The topological polar surface area (TPSA) is 63.5 Å². The smallest absolute Gasteiger partial charge is 0.271 e. The van der Waals surface area contributed by atoms with Gasteiger partial charge in [-0.25, -0.2) is 9.37 Å². The first-order valence-electron chi connectivity index (χ1n) is 8.17. The number of amides is 1. The summed E-state index contributed by atoms with van der Waals surface area (Å²) >= 11 is 1.31. The number of fused-ring (bicyclic) bond motifs is 1. The van der Waals surface area contributed by atoms with Gasteiger partial charge in [-0.3, -0.25) is 14.0 Å². The van der Waals surface area contributed by atoms with Crippen LogP contribution in [0.25, 0.3) is 16.2 Å². The Morgan fingerprint density at radius 2 is 1.89 bits per heavy atom. The molecule has 2 heterocycles. The van der Waals surface area contributed by atoms with E-state index in [0.717, 1.165) is 11.1 Å². The molecule has 0 aliphatic carbocycles. The molecule has 0 saturated carbocycles. The Morgan fingerprint density at radius 3 is 2.63 bits per heavy atom. The molecule has 0 aliphatic rings. The minimum atomic E-state index is -0.701. The number of thiazole rings is 1. The number of carbonyl (C=O) groups is 1. The Hall–Kier alpha value is -3.32. The molecule has 0 atom stereocenters. The van der Waals surface area contributed by atoms with Crippen molar-refractivity contribution in [1.82, 2.24) is 9.38 Å². The van der Waals surface area contributed by atoms with Crippen molar-refractivity contribution in [3.63, 3.8) is 0 Å². The predicted octanol–water partition coefficient (Wildman–Crippen LogP) is 4.12. The fourth-order valence-electron chi connectivity index (χ4n) is 2.73. The van der Waals surface area contributed by atoms with Crippen molar-refractivity contribution in [3.8, 4) is 11.3 Å². The van der Waals surface area contributed by atoms with E-state index in [2.05, 4.69) is 10.3 Å². The first-order chi connectivity index (χ1) is 13.0. The first-order valence-corrected chi connectivity index (χ1v) is 9.05. The number of nitrogens with one attached hydrogen (secondary N) is 1. The molecule has 1 amide bonds. The van der Waals surface area contributed by atoms with Crippen LogP contribution in [0.2, 0.25) is 0 Å². The van der Waals surface area contributed by atoms with Crippen molar-refractivity contribution in [3.05, 3.63) is 87.4 Å². The van der Waals surface area contributed by atoms with Crippen LogP contribution in [0.4, 0.5) is 10.1 Å². The van der Waals surface area contributed by atoms with E-state index in [1.807, 2.05) is 36.6 Å². The molecule has 2 aromatic heterocycles. The largest absolute Gasteiger partial charge is 0.319 e. The second kappa shape index (κ2) is 6.77. The van der Waals surface area contributed by atoms with Gasteiger partial charge in [0, 0.05) is 11.6 Å². The highest BCUT2D eigenvalue weighted by Gasteiger charge is 2.18. The predicted molar refractivity (Wildman–Crippen MR) is 104 cm³/mol. The monoisotopic (exact) mass is 379 g/mol. The molecule has 4 aromatic rings. The van der Waals surface area contributed by atoms with E-state index in [-0.39, 0.29) is 11.3 Å². The zero-order valence-electron chi connectivity index (χ0n) is 14.3. The van der Waals surface area contributed by atoms with Crippen molar-refractivity contribution in [2.75, 3.05) is 5.32 Å². The molecule has 0 spiro atoms. The van der Waals surface area contributed by atoms with Crippen LogP contribution in [0.5, 0.6) is 0 Å². The summed E-state index contributed by atoms with van der Waals surface area (Å²) in [7, 11) is 0. The maximum absolute atomic E-state index is 13.8. The molecular formula is C20H14FN3O2S. The summed E-state index contributed by atoms with van der Waals surface area (Å²) in [5.41, 5.74) is 1.98. The van der Waals surface area contributed by atoms with Crippen LogP contribution in [0, 0.1) is 12.7 Å². The summed E-state index contributed by atoms with van der Waals surface area (Å²) < 4.78 is 15.2. The number of para-hydroxylation sites is 1. The standard InChI is InChI=1S/C20H14FN3O2S/c1-12-6-8-13(9-7-12)17-11-27-20-22-10-14(19(26)24(17)20)18(25)23-16-5-3-2-4-15(16)21/h2-11H,1H3,(H,23,25). The summed E-state index contributed by atoms with van der Waals surface area (Å²) in [6, 6.07) is 13.5. The average molecular weight is 379 g/mol. The molecule has 2 aromatic carbocycles. The Kier molecular flexibility index (Phi) is 4.29. The lowest BCUT2D eigenvalue weighted by atomic mass is 10.1. The third kappa shape index (κ3) is 3.13. The highest BCUT2D eigenvalue weighted by molar-refractivity contribution is 7.15. The summed E-state index contributed by atoms with van der Waals surface area (Å²) in [6.45, 7) is 1.98. The second-order valence-electron chi connectivity index (χ2n) is 6.02. The molecule has 7 heteroatoms. The SMILES string of the molecule is Cc1ccc(-c2csc3ncc(C(=O)Nc4ccccc4F)c(=O)n23)cc1. The van der Waals surface area contributed by atoms with Gasteiger partial charge in [0.2, 0.25) is 0 Å². The van der Waals surface area contributed by atoms with Crippen LogP contribution < -0.4 is 10.9 Å². The molecule has 5 nitrogen and oxygen atoms in total. The minimum Gasteiger partial charge on any atom is -0.319 e. The molecule has 0 aliphatic heterocycles. The molecule has 0 unspecified atom stereocenters. The van der Waals surface area contributed by atoms with Crippen LogP contribution in [0.1, 0.15) is 15.9 Å². The Bertz CT molecular complexity index is 1210. The first kappa shape index (κ1) is 17.1. The van der Waals surface area contributed by atoms with Gasteiger partial charge >= 0.3 is 0 Å². The van der Waals surface area contributed by atoms with E-state index in [1.165, 1.54) is 40.1 Å². The number of hydrogen-bond donors (Lipinski definition) is 1. The van der Waals surface area contributed by atoms with E-state index < -0.39 is 17.3 Å². The average Bonchev–Trinajstić information content (AvgIpc) is 3.09. The fourth-order valence-corrected chi connectivity index (χ4v) is 3.59. The van der Waals surface area contributed by atoms with Crippen LogP contribution in [-0.2, 0) is 0 Å². The maximum atomic E-state index is 13.8. The lowest BCUT2D eigenvalue weighted by molar-refractivity contribution is 0.102. The molecule has 0 radical (unpaired) electrons. The van der Waals surface area contributed by atoms with Gasteiger partial charge in [0.1, 0.15) is 11.4 Å². The number of rotatable bonds is 3. The van der Waals surface area contributed by atoms with Crippen LogP contribution in [0.15, 0.2) is 64.9 Å². The van der Waals surface area contributed by atoms with Crippen molar-refractivity contribution in [2.45, 2.75) is 6.92 Å². The summed E-state index contributed by atoms with van der Waals surface area (Å²) in [5, 5.41) is 4.25. The molecule has 0 bridgehead atoms. The van der Waals surface area contributed by atoms with Gasteiger partial charge in [-0.2, -0.15) is 0 Å². The summed E-state index contributed by atoms with van der Waals surface area (Å²) in [6.07, 6.45) is 1.23. The number of carbonyl (C=O) groups excluding carboxylic acids is 1. The van der Waals surface area contributed by atoms with E-state index >= 15 is 0 Å². The van der Waals surface area contributed by atoms with Gasteiger partial charge in [0.25, 0.3) is 11.5 Å². The van der Waals surface area contributed by atoms with Gasteiger partial charge in [0.05, 0.1) is 11.4 Å². The Morgan fingerprint density at radius 1 is 1.15 bits per heavy atom. The van der Waals surface area contributed by atoms with Gasteiger partial charge < -0.3 is 5.32 Å². The van der Waals surface area contributed by atoms with E-state index in [0.29, 0.717) is 10.7 Å². The third-order valence-electron chi connectivity index (χ3n) is 4.16. The number of aryl methyl sites for hydroxylation is 1. The number of nitrogens with zero attached hydrogens (tertiary/aromatic N) is 2. The molecule has 1 N–H and O–H groups in total. The van der Waals surface area contributed by atoms with E-state index in [1.54, 1.807) is 6.07 Å². The zero-order valence-corrected chi connectivity index (χ0v) is 15.1. The molecular weight excluding hydrogens is 365 g/mol. The lowest BCUT2D eigenvalue weighted by Crippen LogP contribution is -2.26. The van der Waals surface area contributed by atoms with Gasteiger partial charge in [-0.05, 0) is 24.6 Å². The molecule has 0 fully saturated rings. The molecule has 134 valence electrons. The van der Waals surface area contributed by atoms with Crippen LogP contribution in [0.3, 0.4) is 0 Å². The van der Waals surface area contributed by atoms with Crippen molar-refractivity contribution in [1.29, 1.82) is 0 Å². The van der Waals surface area contributed by atoms with Crippen molar-refractivity contribution >= 4 is 27.9 Å². The van der Waals surface area contributed by atoms with Crippen LogP contribution >= 0.6 is 11.3 Å². The molecule has 27 heavy (non-hydrogen) atoms. The van der Waals surface area contributed by atoms with E-state index in [4.69, 9.17) is 0 Å². The van der Waals surface area contributed by atoms with Crippen LogP contribution in [-0.4, -0.2) is 15.3 Å². The number of halogens is 1. The summed E-state index contributed by atoms with van der Waals surface area (Å²) in [4.78, 5) is 30.2. The zero-order chi connectivity index (χ0) is 19.0. The minimum absolute atomic E-state index is 0.0103. The highest BCUT2D eigenvalue weighted by atomic mass is 32.1. The Balaban J connectivity index is 1.79. The number of anilines is 1. The lowest BCUT2D eigenvalue weighted by Gasteiger charge is -2.07. The normalized spacial score (nSPS) is 10.9. The van der Waals surface area contributed by atoms with E-state index in [9.17, 15) is 14.0 Å². The van der Waals surface area contributed by atoms with Gasteiger partial charge in [-0.1, -0.05) is 42.0 Å².